The summed E-state index contributed by atoms with van der Waals surface area (Å²) in [7, 11) is 0. The van der Waals surface area contributed by atoms with Crippen LogP contribution >= 0.6 is 0 Å². The highest BCUT2D eigenvalue weighted by atomic mass is 16.5. The molecule has 1 N–H and O–H groups in total. The van der Waals surface area contributed by atoms with E-state index in [1.165, 1.54) is 0 Å². The highest BCUT2D eigenvalue weighted by Crippen LogP contribution is 2.25. The predicted octanol–water partition coefficient (Wildman–Crippen LogP) is 3.35. The molecule has 4 nitrogen and oxygen atoms in total. The fraction of sp³-hybridized carbons (Fsp3) is 0.412. The maximum absolute atomic E-state index is 5.79. The van der Waals surface area contributed by atoms with E-state index in [0.29, 0.717) is 0 Å². The summed E-state index contributed by atoms with van der Waals surface area (Å²) >= 11 is 0. The maximum atomic E-state index is 5.79. The molecule has 4 heteroatoms. The molecule has 112 valence electrons. The van der Waals surface area contributed by atoms with Crippen LogP contribution in [0.25, 0.3) is 0 Å². The van der Waals surface area contributed by atoms with E-state index < -0.39 is 0 Å². The number of hydrogen-bond acceptors (Lipinski definition) is 4. The molecule has 1 atom stereocenters. The van der Waals surface area contributed by atoms with Crippen molar-refractivity contribution in [3.63, 3.8) is 0 Å². The Labute approximate surface area is 126 Å². The van der Waals surface area contributed by atoms with Crippen molar-refractivity contribution in [1.29, 1.82) is 0 Å². The van der Waals surface area contributed by atoms with Gasteiger partial charge in [-0.3, -0.25) is 0 Å². The minimum Gasteiger partial charge on any atom is -0.491 e. The van der Waals surface area contributed by atoms with E-state index in [9.17, 15) is 0 Å². The molecule has 1 aromatic carbocycles. The molecule has 1 aromatic heterocycles. The van der Waals surface area contributed by atoms with Crippen LogP contribution in [0.4, 0.5) is 0 Å². The minimum absolute atomic E-state index is 0.0851. The van der Waals surface area contributed by atoms with Crippen molar-refractivity contribution in [2.24, 2.45) is 0 Å². The minimum atomic E-state index is 0.0851. The van der Waals surface area contributed by atoms with E-state index in [1.54, 1.807) is 6.33 Å². The topological polar surface area (TPSA) is 47.0 Å². The zero-order chi connectivity index (χ0) is 15.1. The molecule has 21 heavy (non-hydrogen) atoms. The monoisotopic (exact) mass is 285 g/mol. The molecule has 0 bridgehead atoms. The van der Waals surface area contributed by atoms with Crippen LogP contribution in [0.2, 0.25) is 0 Å². The van der Waals surface area contributed by atoms with Gasteiger partial charge in [-0.15, -0.1) is 0 Å². The fourth-order valence-corrected chi connectivity index (χ4v) is 2.22. The number of ether oxygens (including phenoxy) is 1. The van der Waals surface area contributed by atoms with Crippen LogP contribution in [0.5, 0.6) is 5.75 Å². The summed E-state index contributed by atoms with van der Waals surface area (Å²) in [4.78, 5) is 8.26. The van der Waals surface area contributed by atoms with E-state index in [2.05, 4.69) is 34.3 Å². The van der Waals surface area contributed by atoms with Gasteiger partial charge in [0.2, 0.25) is 0 Å². The third kappa shape index (κ3) is 4.53. The first-order valence-corrected chi connectivity index (χ1v) is 7.45. The van der Waals surface area contributed by atoms with E-state index in [0.717, 1.165) is 29.8 Å². The van der Waals surface area contributed by atoms with Gasteiger partial charge in [-0.05, 0) is 44.5 Å². The summed E-state index contributed by atoms with van der Waals surface area (Å²) in [6, 6.07) is 8.29. The highest BCUT2D eigenvalue weighted by Gasteiger charge is 2.14. The van der Waals surface area contributed by atoms with Crippen LogP contribution < -0.4 is 10.1 Å². The molecule has 0 fully saturated rings. The molecule has 0 radical (unpaired) electrons. The largest absolute Gasteiger partial charge is 0.491 e. The first-order valence-electron chi connectivity index (χ1n) is 7.45. The van der Waals surface area contributed by atoms with Gasteiger partial charge in [0.15, 0.2) is 0 Å². The number of hydrogen-bond donors (Lipinski definition) is 1. The van der Waals surface area contributed by atoms with Crippen molar-refractivity contribution < 1.29 is 4.74 Å². The van der Waals surface area contributed by atoms with E-state index in [4.69, 9.17) is 4.74 Å². The second-order valence-electron chi connectivity index (χ2n) is 5.30. The summed E-state index contributed by atoms with van der Waals surface area (Å²) < 4.78 is 5.79. The molecule has 0 aliphatic rings. The van der Waals surface area contributed by atoms with Crippen LogP contribution in [0, 0.1) is 0 Å². The van der Waals surface area contributed by atoms with E-state index in [1.807, 2.05) is 38.4 Å². The van der Waals surface area contributed by atoms with Gasteiger partial charge in [0.25, 0.3) is 0 Å². The van der Waals surface area contributed by atoms with Crippen molar-refractivity contribution in [2.75, 3.05) is 6.54 Å². The van der Waals surface area contributed by atoms with Crippen molar-refractivity contribution in [3.8, 4) is 5.75 Å². The molecular weight excluding hydrogens is 262 g/mol. The second-order valence-corrected chi connectivity index (χ2v) is 5.30. The molecule has 0 saturated heterocycles. The normalized spacial score (nSPS) is 12.4. The number of nitrogens with zero attached hydrogens (tertiary/aromatic N) is 2. The Balaban J connectivity index is 2.28. The molecule has 1 unspecified atom stereocenters. The lowest BCUT2D eigenvalue weighted by Gasteiger charge is -2.20. The average molecular weight is 285 g/mol. The average Bonchev–Trinajstić information content (AvgIpc) is 2.48. The van der Waals surface area contributed by atoms with E-state index in [-0.39, 0.29) is 12.1 Å². The first-order chi connectivity index (χ1) is 10.2. The fourth-order valence-electron chi connectivity index (χ4n) is 2.22. The predicted molar refractivity (Wildman–Crippen MR) is 84.4 cm³/mol. The highest BCUT2D eigenvalue weighted by molar-refractivity contribution is 5.35. The molecule has 0 saturated carbocycles. The molecule has 0 spiro atoms. The van der Waals surface area contributed by atoms with Crippen molar-refractivity contribution in [1.82, 2.24) is 15.3 Å². The van der Waals surface area contributed by atoms with Crippen molar-refractivity contribution >= 4 is 0 Å². The molecule has 2 rings (SSSR count). The second kappa shape index (κ2) is 7.74. The molecular formula is C17H23N3O. The molecule has 0 amide bonds. The van der Waals surface area contributed by atoms with Gasteiger partial charge in [-0.25, -0.2) is 9.97 Å². The molecule has 2 aromatic rings. The summed E-state index contributed by atoms with van der Waals surface area (Å²) in [6.45, 7) is 7.16. The molecule has 0 aliphatic carbocycles. The van der Waals surface area contributed by atoms with Crippen LogP contribution in [0.15, 0.2) is 43.0 Å². The van der Waals surface area contributed by atoms with Crippen LogP contribution in [-0.2, 0) is 0 Å². The summed E-state index contributed by atoms with van der Waals surface area (Å²) in [6.07, 6.45) is 6.51. The summed E-state index contributed by atoms with van der Waals surface area (Å²) in [5.74, 6) is 0.891. The third-order valence-electron chi connectivity index (χ3n) is 3.08. The lowest BCUT2D eigenvalue weighted by molar-refractivity contribution is 0.242. The molecule has 1 heterocycles. The lowest BCUT2D eigenvalue weighted by atomic mass is 10.0. The summed E-state index contributed by atoms with van der Waals surface area (Å²) in [5.41, 5.74) is 2.23. The molecule has 0 aliphatic heterocycles. The number of rotatable bonds is 7. The Hall–Kier alpha value is -1.94. The SMILES string of the molecule is CCCNC(c1cncnc1)c1cccc(OC(C)C)c1. The van der Waals surface area contributed by atoms with Gasteiger partial charge in [0, 0.05) is 18.0 Å². The van der Waals surface area contributed by atoms with Gasteiger partial charge in [-0.2, -0.15) is 0 Å². The standard InChI is InChI=1S/C17H23N3O/c1-4-8-20-17(15-10-18-12-19-11-15)14-6-5-7-16(9-14)21-13(2)3/h5-7,9-13,17,20H,4,8H2,1-3H3. The van der Waals surface area contributed by atoms with Gasteiger partial charge < -0.3 is 10.1 Å². The summed E-state index contributed by atoms with van der Waals surface area (Å²) in [5, 5.41) is 3.55. The third-order valence-corrected chi connectivity index (χ3v) is 3.08. The van der Waals surface area contributed by atoms with Gasteiger partial charge in [0.1, 0.15) is 12.1 Å². The Bertz CT molecular complexity index is 543. The smallest absolute Gasteiger partial charge is 0.120 e. The number of nitrogens with one attached hydrogen (secondary N) is 1. The Morgan fingerprint density at radius 2 is 1.90 bits per heavy atom. The van der Waals surface area contributed by atoms with Gasteiger partial charge in [-0.1, -0.05) is 19.1 Å². The lowest BCUT2D eigenvalue weighted by Crippen LogP contribution is -2.23. The van der Waals surface area contributed by atoms with Gasteiger partial charge in [0.05, 0.1) is 12.1 Å². The zero-order valence-electron chi connectivity index (χ0n) is 12.9. The Morgan fingerprint density at radius 1 is 1.14 bits per heavy atom. The quantitative estimate of drug-likeness (QED) is 0.847. The number of benzene rings is 1. The van der Waals surface area contributed by atoms with Gasteiger partial charge >= 0.3 is 0 Å². The number of aromatic nitrogens is 2. The van der Waals surface area contributed by atoms with Crippen LogP contribution in [0.3, 0.4) is 0 Å². The maximum Gasteiger partial charge on any atom is 0.120 e. The van der Waals surface area contributed by atoms with E-state index >= 15 is 0 Å². The van der Waals surface area contributed by atoms with Crippen molar-refractivity contribution in [3.05, 3.63) is 54.1 Å². The Kier molecular flexibility index (Phi) is 5.69. The van der Waals surface area contributed by atoms with Crippen LogP contribution in [-0.4, -0.2) is 22.6 Å². The van der Waals surface area contributed by atoms with Crippen molar-refractivity contribution in [2.45, 2.75) is 39.3 Å². The zero-order valence-corrected chi connectivity index (χ0v) is 12.9. The first kappa shape index (κ1) is 15.4. The van der Waals surface area contributed by atoms with Crippen LogP contribution in [0.1, 0.15) is 44.4 Å². The Morgan fingerprint density at radius 3 is 2.57 bits per heavy atom.